The Bertz CT molecular complexity index is 382. The van der Waals surface area contributed by atoms with Gasteiger partial charge < -0.3 is 4.74 Å². The van der Waals surface area contributed by atoms with Gasteiger partial charge in [-0.15, -0.1) is 0 Å². The Morgan fingerprint density at radius 1 is 1.22 bits per heavy atom. The Kier molecular flexibility index (Phi) is 5.34. The molecule has 0 aliphatic rings. The van der Waals surface area contributed by atoms with Crippen molar-refractivity contribution < 1.29 is 22.7 Å². The van der Waals surface area contributed by atoms with Gasteiger partial charge in [-0.05, 0) is 13.3 Å². The van der Waals surface area contributed by atoms with Crippen molar-refractivity contribution in [2.75, 3.05) is 13.2 Å². The van der Waals surface area contributed by atoms with Crippen LogP contribution in [0, 0.1) is 6.92 Å². The zero-order chi connectivity index (χ0) is 13.6. The summed E-state index contributed by atoms with van der Waals surface area (Å²) in [7, 11) is 0. The highest BCUT2D eigenvalue weighted by molar-refractivity contribution is 5.97. The van der Waals surface area contributed by atoms with E-state index in [4.69, 9.17) is 4.74 Å². The van der Waals surface area contributed by atoms with Gasteiger partial charge in [-0.2, -0.15) is 13.2 Å². The first kappa shape index (κ1) is 14.7. The van der Waals surface area contributed by atoms with E-state index in [1.54, 1.807) is 24.3 Å². The number of carbonyl (C=O) groups is 1. The summed E-state index contributed by atoms with van der Waals surface area (Å²) in [5.74, 6) is -0.220. The van der Waals surface area contributed by atoms with Crippen LogP contribution in [0.5, 0.6) is 0 Å². The number of benzene rings is 1. The molecule has 0 amide bonds. The minimum Gasteiger partial charge on any atom is -0.373 e. The SMILES string of the molecule is Cc1ccc(C(=O)COCCCC(F)(F)F)cc1. The molecule has 0 fully saturated rings. The van der Waals surface area contributed by atoms with E-state index in [2.05, 4.69) is 0 Å². The standard InChI is InChI=1S/C13H15F3O2/c1-10-3-5-11(6-4-10)12(17)9-18-8-2-7-13(14,15)16/h3-6H,2,7-9H2,1H3. The van der Waals surface area contributed by atoms with Crippen molar-refractivity contribution in [1.82, 2.24) is 0 Å². The third-order valence-corrected chi connectivity index (χ3v) is 2.36. The molecule has 1 aromatic carbocycles. The first-order valence-corrected chi connectivity index (χ1v) is 5.63. The number of carbonyl (C=O) groups excluding carboxylic acids is 1. The van der Waals surface area contributed by atoms with Crippen LogP contribution < -0.4 is 0 Å². The first-order valence-electron chi connectivity index (χ1n) is 5.63. The van der Waals surface area contributed by atoms with Crippen molar-refractivity contribution in [3.05, 3.63) is 35.4 Å². The Balaban J connectivity index is 2.24. The lowest BCUT2D eigenvalue weighted by atomic mass is 10.1. The summed E-state index contributed by atoms with van der Waals surface area (Å²) in [4.78, 5) is 11.6. The van der Waals surface area contributed by atoms with Crippen molar-refractivity contribution in [3.63, 3.8) is 0 Å². The van der Waals surface area contributed by atoms with E-state index in [0.29, 0.717) is 5.56 Å². The summed E-state index contributed by atoms with van der Waals surface area (Å²) < 4.78 is 40.4. The maximum Gasteiger partial charge on any atom is 0.389 e. The number of hydrogen-bond acceptors (Lipinski definition) is 2. The number of Topliss-reactive ketones (excluding diaryl/α,β-unsaturated/α-hetero) is 1. The van der Waals surface area contributed by atoms with Crippen LogP contribution >= 0.6 is 0 Å². The van der Waals surface area contributed by atoms with Crippen LogP contribution in [-0.4, -0.2) is 25.2 Å². The second-order valence-corrected chi connectivity index (χ2v) is 4.06. The van der Waals surface area contributed by atoms with Crippen LogP contribution in [0.1, 0.15) is 28.8 Å². The van der Waals surface area contributed by atoms with Gasteiger partial charge in [0.25, 0.3) is 0 Å². The number of halogens is 3. The fraction of sp³-hybridized carbons (Fsp3) is 0.462. The molecule has 0 N–H and O–H groups in total. The van der Waals surface area contributed by atoms with Crippen LogP contribution in [0.4, 0.5) is 13.2 Å². The molecule has 2 nitrogen and oxygen atoms in total. The van der Waals surface area contributed by atoms with Gasteiger partial charge in [-0.3, -0.25) is 4.79 Å². The van der Waals surface area contributed by atoms with Crippen molar-refractivity contribution in [2.45, 2.75) is 25.9 Å². The molecule has 0 bridgehead atoms. The lowest BCUT2D eigenvalue weighted by Crippen LogP contribution is -2.12. The molecule has 0 aliphatic carbocycles. The summed E-state index contributed by atoms with van der Waals surface area (Å²) in [6.07, 6.45) is -5.17. The van der Waals surface area contributed by atoms with Gasteiger partial charge in [0.05, 0.1) is 0 Å². The molecule has 18 heavy (non-hydrogen) atoms. The molecule has 0 radical (unpaired) electrons. The van der Waals surface area contributed by atoms with Crippen LogP contribution in [-0.2, 0) is 4.74 Å². The highest BCUT2D eigenvalue weighted by atomic mass is 19.4. The molecule has 0 saturated carbocycles. The van der Waals surface area contributed by atoms with E-state index in [-0.39, 0.29) is 25.4 Å². The highest BCUT2D eigenvalue weighted by Crippen LogP contribution is 2.21. The predicted molar refractivity (Wildman–Crippen MR) is 61.6 cm³/mol. The number of hydrogen-bond donors (Lipinski definition) is 0. The third-order valence-electron chi connectivity index (χ3n) is 2.36. The van der Waals surface area contributed by atoms with Gasteiger partial charge in [0.2, 0.25) is 0 Å². The normalized spacial score (nSPS) is 11.6. The van der Waals surface area contributed by atoms with Gasteiger partial charge in [0, 0.05) is 18.6 Å². The fourth-order valence-electron chi connectivity index (χ4n) is 1.36. The van der Waals surface area contributed by atoms with E-state index >= 15 is 0 Å². The average Bonchev–Trinajstić information content (AvgIpc) is 2.27. The number of rotatable bonds is 6. The van der Waals surface area contributed by atoms with Crippen LogP contribution in [0.3, 0.4) is 0 Å². The zero-order valence-corrected chi connectivity index (χ0v) is 10.1. The second kappa shape index (κ2) is 6.54. The summed E-state index contributed by atoms with van der Waals surface area (Å²) in [6, 6.07) is 6.96. The molecule has 0 aromatic heterocycles. The van der Waals surface area contributed by atoms with Crippen molar-refractivity contribution >= 4 is 5.78 Å². The molecule has 0 spiro atoms. The minimum absolute atomic E-state index is 0.0584. The maximum absolute atomic E-state index is 11.8. The maximum atomic E-state index is 11.8. The van der Waals surface area contributed by atoms with Gasteiger partial charge in [-0.1, -0.05) is 29.8 Å². The quantitative estimate of drug-likeness (QED) is 0.577. The largest absolute Gasteiger partial charge is 0.389 e. The monoisotopic (exact) mass is 260 g/mol. The molecule has 0 unspecified atom stereocenters. The molecule has 0 aliphatic heterocycles. The van der Waals surface area contributed by atoms with Gasteiger partial charge in [-0.25, -0.2) is 0 Å². The number of alkyl halides is 3. The summed E-state index contributed by atoms with van der Waals surface area (Å²) in [6.45, 7) is 1.67. The fourth-order valence-corrected chi connectivity index (χ4v) is 1.36. The Labute approximate surface area is 104 Å². The van der Waals surface area contributed by atoms with E-state index < -0.39 is 12.6 Å². The molecule has 0 saturated heterocycles. The molecule has 1 aromatic rings. The van der Waals surface area contributed by atoms with E-state index in [1.165, 1.54) is 0 Å². The lowest BCUT2D eigenvalue weighted by Gasteiger charge is -2.06. The third kappa shape index (κ3) is 5.82. The topological polar surface area (TPSA) is 26.3 Å². The van der Waals surface area contributed by atoms with Gasteiger partial charge in [0.1, 0.15) is 6.61 Å². The Hall–Kier alpha value is -1.36. The lowest BCUT2D eigenvalue weighted by molar-refractivity contribution is -0.137. The second-order valence-electron chi connectivity index (χ2n) is 4.06. The number of ketones is 1. The van der Waals surface area contributed by atoms with Crippen molar-refractivity contribution in [1.29, 1.82) is 0 Å². The molecule has 1 rings (SSSR count). The van der Waals surface area contributed by atoms with Crippen LogP contribution in [0.25, 0.3) is 0 Å². The van der Waals surface area contributed by atoms with Gasteiger partial charge in [0.15, 0.2) is 5.78 Å². The number of ether oxygens (including phenoxy) is 1. The smallest absolute Gasteiger partial charge is 0.373 e. The van der Waals surface area contributed by atoms with Crippen molar-refractivity contribution in [3.8, 4) is 0 Å². The first-order chi connectivity index (χ1) is 8.38. The number of aryl methyl sites for hydroxylation is 1. The summed E-state index contributed by atoms with van der Waals surface area (Å²) in [5.41, 5.74) is 1.55. The van der Waals surface area contributed by atoms with Crippen molar-refractivity contribution in [2.24, 2.45) is 0 Å². The van der Waals surface area contributed by atoms with E-state index in [0.717, 1.165) is 5.56 Å². The van der Waals surface area contributed by atoms with Crippen LogP contribution in [0.2, 0.25) is 0 Å². The highest BCUT2D eigenvalue weighted by Gasteiger charge is 2.25. The Morgan fingerprint density at radius 2 is 1.83 bits per heavy atom. The van der Waals surface area contributed by atoms with Gasteiger partial charge >= 0.3 is 6.18 Å². The van der Waals surface area contributed by atoms with E-state index in [9.17, 15) is 18.0 Å². The molecular weight excluding hydrogens is 245 g/mol. The molecular formula is C13H15F3O2. The molecule has 0 atom stereocenters. The summed E-state index contributed by atoms with van der Waals surface area (Å²) in [5, 5.41) is 0. The molecule has 0 heterocycles. The minimum atomic E-state index is -4.16. The zero-order valence-electron chi connectivity index (χ0n) is 10.1. The average molecular weight is 260 g/mol. The molecule has 100 valence electrons. The van der Waals surface area contributed by atoms with E-state index in [1.807, 2.05) is 6.92 Å². The summed E-state index contributed by atoms with van der Waals surface area (Å²) >= 11 is 0. The predicted octanol–water partition coefficient (Wildman–Crippen LogP) is 3.54. The Morgan fingerprint density at radius 3 is 2.39 bits per heavy atom. The molecule has 5 heteroatoms. The van der Waals surface area contributed by atoms with Crippen LogP contribution in [0.15, 0.2) is 24.3 Å².